The minimum atomic E-state index is -0.413. The lowest BCUT2D eigenvalue weighted by Crippen LogP contribution is -2.47. The second kappa shape index (κ2) is 6.79. The molecule has 1 aromatic rings. The molecule has 1 aliphatic carbocycles. The molecule has 6 heteroatoms. The van der Waals surface area contributed by atoms with E-state index in [1.165, 1.54) is 7.11 Å². The third kappa shape index (κ3) is 3.63. The summed E-state index contributed by atoms with van der Waals surface area (Å²) in [5.41, 5.74) is 4.73. The minimum absolute atomic E-state index is 0.0328. The van der Waals surface area contributed by atoms with Gasteiger partial charge in [-0.2, -0.15) is 0 Å². The maximum atomic E-state index is 11.6. The Kier molecular flexibility index (Phi) is 4.81. The van der Waals surface area contributed by atoms with Gasteiger partial charge in [-0.05, 0) is 25.0 Å². The Morgan fingerprint density at radius 1 is 1.20 bits per heavy atom. The summed E-state index contributed by atoms with van der Waals surface area (Å²) in [6.07, 6.45) is 2.85. The largest absolute Gasteiger partial charge is 0.493 e. The average Bonchev–Trinajstić information content (AvgIpc) is 2.41. The highest BCUT2D eigenvalue weighted by Gasteiger charge is 2.25. The van der Waals surface area contributed by atoms with Gasteiger partial charge in [0.1, 0.15) is 0 Å². The number of methoxy groups -OCH3 is 1. The number of nitrogens with one attached hydrogen (secondary N) is 2. The maximum absolute atomic E-state index is 11.6. The van der Waals surface area contributed by atoms with E-state index in [1.807, 2.05) is 6.07 Å². The molecule has 1 aliphatic rings. The van der Waals surface area contributed by atoms with Crippen molar-refractivity contribution in [2.45, 2.75) is 19.3 Å². The number of hydrazine groups is 1. The molecule has 0 saturated heterocycles. The fraction of sp³-hybridized carbons (Fsp3) is 0.429. The molecule has 0 spiro atoms. The molecular formula is C14H18N2O4. The van der Waals surface area contributed by atoms with Gasteiger partial charge in [0, 0.05) is 5.92 Å². The zero-order valence-electron chi connectivity index (χ0n) is 11.3. The van der Waals surface area contributed by atoms with E-state index in [9.17, 15) is 9.59 Å². The van der Waals surface area contributed by atoms with Crippen LogP contribution in [0.4, 0.5) is 0 Å². The van der Waals surface area contributed by atoms with Gasteiger partial charge in [-0.15, -0.1) is 0 Å². The molecule has 0 aliphatic heterocycles. The summed E-state index contributed by atoms with van der Waals surface area (Å²) in [5, 5.41) is 0. The first-order valence-corrected chi connectivity index (χ1v) is 6.55. The summed E-state index contributed by atoms with van der Waals surface area (Å²) in [5.74, 6) is 0.519. The number of amides is 2. The van der Waals surface area contributed by atoms with Crippen LogP contribution in [0.15, 0.2) is 24.3 Å². The summed E-state index contributed by atoms with van der Waals surface area (Å²) >= 11 is 0. The van der Waals surface area contributed by atoms with Crippen LogP contribution in [-0.4, -0.2) is 25.5 Å². The van der Waals surface area contributed by atoms with E-state index in [-0.39, 0.29) is 18.4 Å². The number of hydrogen-bond acceptors (Lipinski definition) is 4. The van der Waals surface area contributed by atoms with Crippen LogP contribution in [0.5, 0.6) is 11.5 Å². The van der Waals surface area contributed by atoms with Gasteiger partial charge in [0.2, 0.25) is 5.91 Å². The first-order valence-electron chi connectivity index (χ1n) is 6.55. The molecule has 0 bridgehead atoms. The van der Waals surface area contributed by atoms with E-state index < -0.39 is 5.91 Å². The minimum Gasteiger partial charge on any atom is -0.493 e. The van der Waals surface area contributed by atoms with Crippen LogP contribution in [-0.2, 0) is 9.59 Å². The molecule has 0 aromatic heterocycles. The number of ether oxygens (including phenoxy) is 2. The third-order valence-corrected chi connectivity index (χ3v) is 3.23. The molecule has 2 amide bonds. The second-order valence-corrected chi connectivity index (χ2v) is 4.60. The van der Waals surface area contributed by atoms with Crippen molar-refractivity contribution >= 4 is 11.8 Å². The van der Waals surface area contributed by atoms with Crippen LogP contribution in [0.2, 0.25) is 0 Å². The summed E-state index contributed by atoms with van der Waals surface area (Å²) in [6.45, 7) is -0.189. The smallest absolute Gasteiger partial charge is 0.276 e. The highest BCUT2D eigenvalue weighted by Crippen LogP contribution is 2.26. The Labute approximate surface area is 117 Å². The molecule has 2 rings (SSSR count). The van der Waals surface area contributed by atoms with E-state index in [2.05, 4.69) is 10.9 Å². The molecule has 108 valence electrons. The summed E-state index contributed by atoms with van der Waals surface area (Å²) < 4.78 is 10.4. The number of carbonyl (C=O) groups excluding carboxylic acids is 2. The lowest BCUT2D eigenvalue weighted by atomic mass is 9.85. The second-order valence-electron chi connectivity index (χ2n) is 4.60. The highest BCUT2D eigenvalue weighted by atomic mass is 16.5. The monoisotopic (exact) mass is 278 g/mol. The van der Waals surface area contributed by atoms with E-state index in [0.29, 0.717) is 11.5 Å². The molecule has 0 unspecified atom stereocenters. The lowest BCUT2D eigenvalue weighted by Gasteiger charge is -2.23. The van der Waals surface area contributed by atoms with Gasteiger partial charge in [-0.3, -0.25) is 20.4 Å². The van der Waals surface area contributed by atoms with Gasteiger partial charge in [-0.1, -0.05) is 18.6 Å². The van der Waals surface area contributed by atoms with Crippen LogP contribution in [0.25, 0.3) is 0 Å². The zero-order valence-corrected chi connectivity index (χ0v) is 11.3. The van der Waals surface area contributed by atoms with Gasteiger partial charge < -0.3 is 9.47 Å². The Hall–Kier alpha value is -2.24. The zero-order chi connectivity index (χ0) is 14.4. The van der Waals surface area contributed by atoms with Gasteiger partial charge >= 0.3 is 0 Å². The SMILES string of the molecule is COc1ccccc1OCC(=O)NNC(=O)C1CCC1. The molecule has 6 nitrogen and oxygen atoms in total. The number of para-hydroxylation sites is 2. The fourth-order valence-electron chi connectivity index (χ4n) is 1.82. The van der Waals surface area contributed by atoms with Crippen molar-refractivity contribution < 1.29 is 19.1 Å². The summed E-state index contributed by atoms with van der Waals surface area (Å²) in [4.78, 5) is 23.1. The molecule has 1 aromatic carbocycles. The highest BCUT2D eigenvalue weighted by molar-refractivity contribution is 5.84. The predicted molar refractivity (Wildman–Crippen MR) is 72.1 cm³/mol. The van der Waals surface area contributed by atoms with Crippen LogP contribution in [0, 0.1) is 5.92 Å². The Balaban J connectivity index is 1.73. The molecule has 20 heavy (non-hydrogen) atoms. The average molecular weight is 278 g/mol. The van der Waals surface area contributed by atoms with Gasteiger partial charge in [0.25, 0.3) is 5.91 Å². The van der Waals surface area contributed by atoms with Crippen molar-refractivity contribution in [3.05, 3.63) is 24.3 Å². The third-order valence-electron chi connectivity index (χ3n) is 3.23. The first-order chi connectivity index (χ1) is 9.70. The van der Waals surface area contributed by atoms with Gasteiger partial charge in [0.05, 0.1) is 7.11 Å². The normalized spacial score (nSPS) is 14.1. The van der Waals surface area contributed by atoms with Crippen molar-refractivity contribution in [2.24, 2.45) is 5.92 Å². The Morgan fingerprint density at radius 3 is 2.50 bits per heavy atom. The molecule has 0 radical (unpaired) electrons. The van der Waals surface area contributed by atoms with Gasteiger partial charge in [0.15, 0.2) is 18.1 Å². The van der Waals surface area contributed by atoms with Crippen molar-refractivity contribution in [1.29, 1.82) is 0 Å². The quantitative estimate of drug-likeness (QED) is 0.788. The van der Waals surface area contributed by atoms with E-state index in [0.717, 1.165) is 19.3 Å². The molecule has 2 N–H and O–H groups in total. The van der Waals surface area contributed by atoms with Crippen molar-refractivity contribution in [2.75, 3.05) is 13.7 Å². The van der Waals surface area contributed by atoms with Crippen molar-refractivity contribution in [3.63, 3.8) is 0 Å². The molecule has 1 fully saturated rings. The summed E-state index contributed by atoms with van der Waals surface area (Å²) in [6, 6.07) is 7.05. The van der Waals surface area contributed by atoms with Crippen LogP contribution in [0.1, 0.15) is 19.3 Å². The molecule has 0 atom stereocenters. The maximum Gasteiger partial charge on any atom is 0.276 e. The predicted octanol–water partition coefficient (Wildman–Crippen LogP) is 1.02. The lowest BCUT2D eigenvalue weighted by molar-refractivity contribution is -0.133. The number of rotatable bonds is 5. The molecule has 1 saturated carbocycles. The van der Waals surface area contributed by atoms with Crippen molar-refractivity contribution in [1.82, 2.24) is 10.9 Å². The van der Waals surface area contributed by atoms with E-state index >= 15 is 0 Å². The van der Waals surface area contributed by atoms with E-state index in [1.54, 1.807) is 18.2 Å². The van der Waals surface area contributed by atoms with Gasteiger partial charge in [-0.25, -0.2) is 0 Å². The van der Waals surface area contributed by atoms with E-state index in [4.69, 9.17) is 9.47 Å². The Morgan fingerprint density at radius 2 is 1.90 bits per heavy atom. The number of hydrogen-bond donors (Lipinski definition) is 2. The number of benzene rings is 1. The molecular weight excluding hydrogens is 260 g/mol. The fourth-order valence-corrected chi connectivity index (χ4v) is 1.82. The standard InChI is InChI=1S/C14H18N2O4/c1-19-11-7-2-3-8-12(11)20-9-13(17)15-16-14(18)10-5-4-6-10/h2-3,7-8,10H,4-6,9H2,1H3,(H,15,17)(H,16,18). The number of carbonyl (C=O) groups is 2. The summed E-state index contributed by atoms with van der Waals surface area (Å²) in [7, 11) is 1.53. The topological polar surface area (TPSA) is 76.7 Å². The van der Waals surface area contributed by atoms with Crippen LogP contribution >= 0.6 is 0 Å². The molecule has 0 heterocycles. The first kappa shape index (κ1) is 14.2. The Bertz CT molecular complexity index is 486. The van der Waals surface area contributed by atoms with Crippen LogP contribution in [0.3, 0.4) is 0 Å². The van der Waals surface area contributed by atoms with Crippen molar-refractivity contribution in [3.8, 4) is 11.5 Å². The van der Waals surface area contributed by atoms with Crippen LogP contribution < -0.4 is 20.3 Å².